The molecule has 0 spiro atoms. The van der Waals surface area contributed by atoms with Gasteiger partial charge in [-0.3, -0.25) is 10.1 Å². The average Bonchev–Trinajstić information content (AvgIpc) is 3.33. The van der Waals surface area contributed by atoms with E-state index in [0.29, 0.717) is 0 Å². The van der Waals surface area contributed by atoms with Crippen molar-refractivity contribution >= 4 is 22.4 Å². The lowest BCUT2D eigenvalue weighted by Crippen LogP contribution is -2.37. The van der Waals surface area contributed by atoms with Crippen LogP contribution in [0.1, 0.15) is 26.2 Å². The fourth-order valence-corrected chi connectivity index (χ4v) is 4.50. The highest BCUT2D eigenvalue weighted by molar-refractivity contribution is 6.00. The lowest BCUT2D eigenvalue weighted by atomic mass is 9.94. The summed E-state index contributed by atoms with van der Waals surface area (Å²) in [4.78, 5) is 14.6. The quantitative estimate of drug-likeness (QED) is 0.733. The number of fused-ring (bicyclic) bond motifs is 1. The van der Waals surface area contributed by atoms with E-state index in [-0.39, 0.29) is 0 Å². The van der Waals surface area contributed by atoms with Gasteiger partial charge in [0.25, 0.3) is 0 Å². The molecule has 0 radical (unpaired) electrons. The van der Waals surface area contributed by atoms with Crippen LogP contribution in [0, 0.1) is 5.92 Å². The molecule has 0 bridgehead atoms. The monoisotopic (exact) mass is 392 g/mol. The molecule has 29 heavy (non-hydrogen) atoms. The van der Waals surface area contributed by atoms with Crippen molar-refractivity contribution in [2.24, 2.45) is 5.92 Å². The molecule has 3 aromatic rings. The van der Waals surface area contributed by atoms with Crippen LogP contribution in [0.2, 0.25) is 0 Å². The number of anilines is 2. The molecule has 5 heterocycles. The van der Waals surface area contributed by atoms with E-state index in [2.05, 4.69) is 44.0 Å². The Kier molecular flexibility index (Phi) is 5.06. The van der Waals surface area contributed by atoms with Gasteiger partial charge in [-0.05, 0) is 30.9 Å². The first-order chi connectivity index (χ1) is 14.3. The zero-order valence-electron chi connectivity index (χ0n) is 17.0. The number of piperidine rings is 1. The van der Waals surface area contributed by atoms with Crippen LogP contribution in [0.4, 0.5) is 11.5 Å². The van der Waals surface area contributed by atoms with Crippen molar-refractivity contribution < 1.29 is 4.74 Å². The largest absolute Gasteiger partial charge is 0.378 e. The Bertz CT molecular complexity index is 959. The summed E-state index contributed by atoms with van der Waals surface area (Å²) in [6.45, 7) is 7.74. The van der Waals surface area contributed by atoms with Crippen LogP contribution < -0.4 is 9.80 Å². The second-order valence-electron chi connectivity index (χ2n) is 7.96. The SMILES string of the molecule is CCC1CCN(c2cc(N3CCOCC3)nc3c(-c4ccn[nH]4)nccc23)CC1. The van der Waals surface area contributed by atoms with Gasteiger partial charge in [0.2, 0.25) is 0 Å². The van der Waals surface area contributed by atoms with E-state index >= 15 is 0 Å². The number of morpholine rings is 1. The lowest BCUT2D eigenvalue weighted by Gasteiger charge is -2.35. The van der Waals surface area contributed by atoms with Crippen molar-refractivity contribution in [2.45, 2.75) is 26.2 Å². The number of nitrogens with zero attached hydrogens (tertiary/aromatic N) is 5. The summed E-state index contributed by atoms with van der Waals surface area (Å²) in [5.41, 5.74) is 3.97. The van der Waals surface area contributed by atoms with Gasteiger partial charge in [-0.2, -0.15) is 5.10 Å². The second-order valence-corrected chi connectivity index (χ2v) is 7.96. The van der Waals surface area contributed by atoms with Gasteiger partial charge in [0.1, 0.15) is 17.0 Å². The van der Waals surface area contributed by atoms with Crippen molar-refractivity contribution in [3.8, 4) is 11.4 Å². The van der Waals surface area contributed by atoms with E-state index in [0.717, 1.165) is 73.4 Å². The molecule has 1 N–H and O–H groups in total. The zero-order chi connectivity index (χ0) is 19.6. The van der Waals surface area contributed by atoms with E-state index in [1.54, 1.807) is 6.20 Å². The van der Waals surface area contributed by atoms with Crippen LogP contribution in [0.5, 0.6) is 0 Å². The zero-order valence-corrected chi connectivity index (χ0v) is 17.0. The summed E-state index contributed by atoms with van der Waals surface area (Å²) in [6, 6.07) is 6.33. The van der Waals surface area contributed by atoms with E-state index in [9.17, 15) is 0 Å². The third-order valence-corrected chi connectivity index (χ3v) is 6.32. The van der Waals surface area contributed by atoms with Crippen molar-refractivity contribution in [3.05, 3.63) is 30.6 Å². The molecule has 152 valence electrons. The number of pyridine rings is 2. The molecule has 0 amide bonds. The molecule has 5 rings (SSSR count). The molecule has 7 heteroatoms. The molecule has 2 saturated heterocycles. The Morgan fingerprint density at radius 2 is 1.90 bits per heavy atom. The average molecular weight is 393 g/mol. The standard InChI is InChI=1S/C22H28N6O/c1-2-16-5-9-27(10-6-16)19-15-20(28-11-13-29-14-12-28)25-21-17(19)3-7-23-22(21)18-4-8-24-26-18/h3-4,7-8,15-16H,2,5-6,9-14H2,1H3,(H,24,26). The van der Waals surface area contributed by atoms with Crippen molar-refractivity contribution in [3.63, 3.8) is 0 Å². The first-order valence-electron chi connectivity index (χ1n) is 10.7. The first-order valence-corrected chi connectivity index (χ1v) is 10.7. The van der Waals surface area contributed by atoms with Crippen molar-refractivity contribution in [1.29, 1.82) is 0 Å². The molecule has 0 aromatic carbocycles. The first kappa shape index (κ1) is 18.4. The number of aromatic nitrogens is 4. The highest BCUT2D eigenvalue weighted by Crippen LogP contribution is 2.36. The molecule has 0 aliphatic carbocycles. The smallest absolute Gasteiger partial charge is 0.131 e. The maximum atomic E-state index is 5.56. The van der Waals surface area contributed by atoms with Crippen LogP contribution in [0.25, 0.3) is 22.3 Å². The minimum atomic E-state index is 0.747. The number of ether oxygens (including phenoxy) is 1. The van der Waals surface area contributed by atoms with Gasteiger partial charge in [-0.25, -0.2) is 4.98 Å². The van der Waals surface area contributed by atoms with Gasteiger partial charge in [0.15, 0.2) is 0 Å². The second kappa shape index (κ2) is 7.99. The van der Waals surface area contributed by atoms with Crippen molar-refractivity contribution in [1.82, 2.24) is 20.2 Å². The van der Waals surface area contributed by atoms with Crippen molar-refractivity contribution in [2.75, 3.05) is 49.2 Å². The Labute approximate surface area is 171 Å². The molecule has 0 atom stereocenters. The molecule has 7 nitrogen and oxygen atoms in total. The highest BCUT2D eigenvalue weighted by Gasteiger charge is 2.23. The number of aromatic amines is 1. The predicted octanol–water partition coefficient (Wildman–Crippen LogP) is 3.48. The topological polar surface area (TPSA) is 70.2 Å². The van der Waals surface area contributed by atoms with E-state index in [1.807, 2.05) is 12.3 Å². The summed E-state index contributed by atoms with van der Waals surface area (Å²) in [6.07, 6.45) is 7.43. The normalized spacial score (nSPS) is 18.5. The van der Waals surface area contributed by atoms with Crippen LogP contribution in [0.15, 0.2) is 30.6 Å². The van der Waals surface area contributed by atoms with E-state index in [1.165, 1.54) is 24.9 Å². The number of H-pyrrole nitrogens is 1. The maximum Gasteiger partial charge on any atom is 0.131 e. The van der Waals surface area contributed by atoms with Crippen LogP contribution in [-0.2, 0) is 4.74 Å². The molecule has 0 saturated carbocycles. The lowest BCUT2D eigenvalue weighted by molar-refractivity contribution is 0.122. The molecule has 2 fully saturated rings. The van der Waals surface area contributed by atoms with Gasteiger partial charge in [0.05, 0.1) is 18.9 Å². The molecular weight excluding hydrogens is 364 g/mol. The molecular formula is C22H28N6O. The summed E-state index contributed by atoms with van der Waals surface area (Å²) in [5, 5.41) is 8.34. The molecule has 2 aliphatic heterocycles. The van der Waals surface area contributed by atoms with Gasteiger partial charge in [0, 0.05) is 55.7 Å². The number of rotatable bonds is 4. The molecule has 0 unspecified atom stereocenters. The molecule has 3 aromatic heterocycles. The Hall–Kier alpha value is -2.67. The summed E-state index contributed by atoms with van der Waals surface area (Å²) < 4.78 is 5.56. The molecule has 2 aliphatic rings. The van der Waals surface area contributed by atoms with E-state index in [4.69, 9.17) is 9.72 Å². The maximum absolute atomic E-state index is 5.56. The van der Waals surface area contributed by atoms with Gasteiger partial charge in [-0.1, -0.05) is 13.3 Å². The Morgan fingerprint density at radius 1 is 1.07 bits per heavy atom. The predicted molar refractivity (Wildman–Crippen MR) is 115 cm³/mol. The van der Waals surface area contributed by atoms with E-state index < -0.39 is 0 Å². The fourth-order valence-electron chi connectivity index (χ4n) is 4.50. The summed E-state index contributed by atoms with van der Waals surface area (Å²) in [7, 11) is 0. The number of hydrogen-bond donors (Lipinski definition) is 1. The summed E-state index contributed by atoms with van der Waals surface area (Å²) >= 11 is 0. The Balaban J connectivity index is 1.63. The third-order valence-electron chi connectivity index (χ3n) is 6.32. The minimum absolute atomic E-state index is 0.747. The summed E-state index contributed by atoms with van der Waals surface area (Å²) in [5.74, 6) is 1.86. The van der Waals surface area contributed by atoms with Crippen LogP contribution in [0.3, 0.4) is 0 Å². The van der Waals surface area contributed by atoms with Gasteiger partial charge >= 0.3 is 0 Å². The van der Waals surface area contributed by atoms with Gasteiger partial charge in [-0.15, -0.1) is 0 Å². The van der Waals surface area contributed by atoms with Crippen LogP contribution >= 0.6 is 0 Å². The fraction of sp³-hybridized carbons (Fsp3) is 0.500. The van der Waals surface area contributed by atoms with Gasteiger partial charge < -0.3 is 14.5 Å². The minimum Gasteiger partial charge on any atom is -0.378 e. The Morgan fingerprint density at radius 3 is 2.62 bits per heavy atom. The van der Waals surface area contributed by atoms with Crippen LogP contribution in [-0.4, -0.2) is 59.6 Å². The number of nitrogens with one attached hydrogen (secondary N) is 1. The highest BCUT2D eigenvalue weighted by atomic mass is 16.5. The third kappa shape index (κ3) is 3.55. The number of hydrogen-bond acceptors (Lipinski definition) is 6.